The SMILES string of the molecule is CN1CC2CC1CN2CC1CCC(OC2CCN(I)CC2)CC1. The summed E-state index contributed by atoms with van der Waals surface area (Å²) in [5.74, 6) is 0.927. The van der Waals surface area contributed by atoms with Gasteiger partial charge in [0.05, 0.1) is 12.2 Å². The Hall–Kier alpha value is 0.570. The van der Waals surface area contributed by atoms with Crippen molar-refractivity contribution in [2.45, 2.75) is 69.2 Å². The van der Waals surface area contributed by atoms with Gasteiger partial charge in [0.1, 0.15) is 0 Å². The summed E-state index contributed by atoms with van der Waals surface area (Å²) in [7, 11) is 2.30. The monoisotopic (exact) mass is 433 g/mol. The van der Waals surface area contributed by atoms with Gasteiger partial charge in [0.15, 0.2) is 0 Å². The minimum absolute atomic E-state index is 0.535. The van der Waals surface area contributed by atoms with E-state index in [1.165, 1.54) is 77.7 Å². The van der Waals surface area contributed by atoms with Crippen LogP contribution in [0.5, 0.6) is 0 Å². The van der Waals surface area contributed by atoms with Gasteiger partial charge in [0.2, 0.25) is 0 Å². The highest BCUT2D eigenvalue weighted by atomic mass is 127. The number of nitrogens with zero attached hydrogens (tertiary/aromatic N) is 3. The number of hydrogen-bond donors (Lipinski definition) is 0. The van der Waals surface area contributed by atoms with E-state index in [-0.39, 0.29) is 0 Å². The van der Waals surface area contributed by atoms with Crippen molar-refractivity contribution in [1.82, 2.24) is 12.9 Å². The lowest BCUT2D eigenvalue weighted by Crippen LogP contribution is -2.46. The van der Waals surface area contributed by atoms with E-state index in [9.17, 15) is 0 Å². The Balaban J connectivity index is 1.17. The molecule has 132 valence electrons. The van der Waals surface area contributed by atoms with Crippen LogP contribution in [0.25, 0.3) is 0 Å². The van der Waals surface area contributed by atoms with Crippen molar-refractivity contribution < 1.29 is 4.74 Å². The molecule has 1 aliphatic carbocycles. The zero-order valence-corrected chi connectivity index (χ0v) is 16.7. The van der Waals surface area contributed by atoms with Crippen molar-refractivity contribution in [2.75, 3.05) is 39.8 Å². The summed E-state index contributed by atoms with van der Waals surface area (Å²) in [5, 5.41) is 0. The molecule has 5 heteroatoms. The highest BCUT2D eigenvalue weighted by molar-refractivity contribution is 14.1. The molecule has 0 radical (unpaired) electrons. The largest absolute Gasteiger partial charge is 0.375 e. The van der Waals surface area contributed by atoms with Crippen molar-refractivity contribution in [3.05, 3.63) is 0 Å². The lowest BCUT2D eigenvalue weighted by molar-refractivity contribution is -0.0545. The highest BCUT2D eigenvalue weighted by Gasteiger charge is 2.42. The summed E-state index contributed by atoms with van der Waals surface area (Å²) in [6.45, 7) is 6.39. The van der Waals surface area contributed by atoms with Crippen molar-refractivity contribution >= 4 is 22.9 Å². The third-order valence-corrected chi connectivity index (χ3v) is 7.65. The molecular formula is C18H32IN3O. The Labute approximate surface area is 155 Å². The van der Waals surface area contributed by atoms with Gasteiger partial charge in [-0.2, -0.15) is 0 Å². The molecule has 0 aromatic heterocycles. The molecule has 2 unspecified atom stereocenters. The molecule has 0 aromatic carbocycles. The summed E-state index contributed by atoms with van der Waals surface area (Å²) < 4.78 is 8.81. The highest BCUT2D eigenvalue weighted by Crippen LogP contribution is 2.34. The molecule has 0 amide bonds. The smallest absolute Gasteiger partial charge is 0.0603 e. The predicted octanol–water partition coefficient (Wildman–Crippen LogP) is 2.76. The number of piperidine rings is 1. The van der Waals surface area contributed by atoms with E-state index in [1.54, 1.807) is 0 Å². The first kappa shape index (κ1) is 17.0. The third kappa shape index (κ3) is 4.05. The lowest BCUT2D eigenvalue weighted by atomic mass is 9.86. The number of ether oxygens (including phenoxy) is 1. The second-order valence-electron chi connectivity index (χ2n) is 8.32. The summed E-state index contributed by atoms with van der Waals surface area (Å²) >= 11 is 2.44. The molecule has 4 fully saturated rings. The molecule has 3 heterocycles. The maximum absolute atomic E-state index is 6.41. The summed E-state index contributed by atoms with van der Waals surface area (Å²) in [4.78, 5) is 5.36. The Morgan fingerprint density at radius 2 is 1.61 bits per heavy atom. The topological polar surface area (TPSA) is 19.0 Å². The van der Waals surface area contributed by atoms with E-state index in [0.29, 0.717) is 12.2 Å². The first-order valence-electron chi connectivity index (χ1n) is 9.68. The zero-order chi connectivity index (χ0) is 15.8. The normalized spacial score (nSPS) is 41.0. The molecule has 0 aromatic rings. The minimum atomic E-state index is 0.535. The first-order valence-corrected chi connectivity index (χ1v) is 10.6. The molecule has 2 bridgehead atoms. The summed E-state index contributed by atoms with van der Waals surface area (Å²) in [5.41, 5.74) is 0. The number of hydrogen-bond acceptors (Lipinski definition) is 4. The molecule has 0 spiro atoms. The van der Waals surface area contributed by atoms with Crippen molar-refractivity contribution in [1.29, 1.82) is 0 Å². The van der Waals surface area contributed by atoms with Gasteiger partial charge < -0.3 is 9.64 Å². The fraction of sp³-hybridized carbons (Fsp3) is 1.00. The molecule has 23 heavy (non-hydrogen) atoms. The van der Waals surface area contributed by atoms with Gasteiger partial charge in [0.25, 0.3) is 0 Å². The van der Waals surface area contributed by atoms with Crippen LogP contribution >= 0.6 is 22.9 Å². The van der Waals surface area contributed by atoms with Crippen LogP contribution in [0.2, 0.25) is 0 Å². The van der Waals surface area contributed by atoms with Crippen LogP contribution < -0.4 is 0 Å². The zero-order valence-electron chi connectivity index (χ0n) is 14.5. The standard InChI is InChI=1S/C18H32IN3O/c1-20-12-16-10-15(20)13-21(16)11-14-2-4-17(5-3-14)23-18-6-8-22(19)9-7-18/h14-18H,2-13H2,1H3. The first-order chi connectivity index (χ1) is 11.2. The van der Waals surface area contributed by atoms with Gasteiger partial charge in [0, 0.05) is 67.7 Å². The van der Waals surface area contributed by atoms with Gasteiger partial charge in [-0.15, -0.1) is 0 Å². The third-order valence-electron chi connectivity index (χ3n) is 6.69. The fourth-order valence-corrected chi connectivity index (χ4v) is 5.74. The predicted molar refractivity (Wildman–Crippen MR) is 102 cm³/mol. The second-order valence-corrected chi connectivity index (χ2v) is 9.69. The van der Waals surface area contributed by atoms with Gasteiger partial charge in [-0.1, -0.05) is 0 Å². The number of piperazine rings is 1. The average Bonchev–Trinajstić information content (AvgIpc) is 3.10. The van der Waals surface area contributed by atoms with Crippen LogP contribution in [0, 0.1) is 5.92 Å². The quantitative estimate of drug-likeness (QED) is 0.502. The minimum Gasteiger partial charge on any atom is -0.375 e. The van der Waals surface area contributed by atoms with Crippen molar-refractivity contribution in [3.8, 4) is 0 Å². The van der Waals surface area contributed by atoms with Crippen LogP contribution in [0.3, 0.4) is 0 Å². The number of likely N-dealkylation sites (N-methyl/N-ethyl adjacent to an activating group) is 1. The van der Waals surface area contributed by atoms with E-state index in [1.807, 2.05) is 0 Å². The van der Waals surface area contributed by atoms with Crippen LogP contribution in [0.4, 0.5) is 0 Å². The molecule has 2 atom stereocenters. The number of fused-ring (bicyclic) bond motifs is 2. The molecular weight excluding hydrogens is 401 g/mol. The molecule has 3 aliphatic heterocycles. The van der Waals surface area contributed by atoms with Crippen LogP contribution in [-0.2, 0) is 4.74 Å². The van der Waals surface area contributed by atoms with Crippen molar-refractivity contribution in [3.63, 3.8) is 0 Å². The number of likely N-dealkylation sites (tertiary alicyclic amines) is 2. The Morgan fingerprint density at radius 3 is 2.22 bits per heavy atom. The van der Waals surface area contributed by atoms with Crippen LogP contribution in [-0.4, -0.2) is 77.0 Å². The maximum Gasteiger partial charge on any atom is 0.0603 e. The van der Waals surface area contributed by atoms with Gasteiger partial charge in [-0.25, -0.2) is 3.11 Å². The van der Waals surface area contributed by atoms with E-state index >= 15 is 0 Å². The Bertz CT molecular complexity index is 392. The molecule has 4 rings (SSSR count). The van der Waals surface area contributed by atoms with Gasteiger partial charge in [-0.3, -0.25) is 4.90 Å². The van der Waals surface area contributed by atoms with Gasteiger partial charge in [-0.05, 0) is 57.9 Å². The van der Waals surface area contributed by atoms with Crippen molar-refractivity contribution in [2.24, 2.45) is 5.92 Å². The summed E-state index contributed by atoms with van der Waals surface area (Å²) in [6, 6.07) is 1.71. The maximum atomic E-state index is 6.41. The van der Waals surface area contributed by atoms with E-state index in [0.717, 1.165) is 18.0 Å². The van der Waals surface area contributed by atoms with Crippen LogP contribution in [0.1, 0.15) is 44.9 Å². The number of rotatable bonds is 4. The van der Waals surface area contributed by atoms with E-state index < -0.39 is 0 Å². The van der Waals surface area contributed by atoms with Gasteiger partial charge >= 0.3 is 0 Å². The Morgan fingerprint density at radius 1 is 0.913 bits per heavy atom. The molecule has 0 N–H and O–H groups in total. The van der Waals surface area contributed by atoms with E-state index in [2.05, 4.69) is 42.8 Å². The fourth-order valence-electron chi connectivity index (χ4n) is 5.19. The molecule has 3 saturated heterocycles. The van der Waals surface area contributed by atoms with Crippen LogP contribution in [0.15, 0.2) is 0 Å². The Kier molecular flexibility index (Phi) is 5.50. The summed E-state index contributed by atoms with van der Waals surface area (Å²) in [6.07, 6.45) is 10.4. The molecule has 1 saturated carbocycles. The average molecular weight is 433 g/mol. The van der Waals surface area contributed by atoms with E-state index in [4.69, 9.17) is 4.74 Å². The molecule has 4 nitrogen and oxygen atoms in total. The lowest BCUT2D eigenvalue weighted by Gasteiger charge is -2.38. The molecule has 4 aliphatic rings. The second kappa shape index (κ2) is 7.44. The number of halogens is 1.